The van der Waals surface area contributed by atoms with Gasteiger partial charge in [-0.25, -0.2) is 0 Å². The first-order valence-electron chi connectivity index (χ1n) is 13.3. The summed E-state index contributed by atoms with van der Waals surface area (Å²) in [4.78, 5) is 11.5. The van der Waals surface area contributed by atoms with Crippen LogP contribution in [-0.2, 0) is 9.53 Å². The number of fused-ring (bicyclic) bond motifs is 4. The number of esters is 1. The average Bonchev–Trinajstić information content (AvgIpc) is 3.08. The molecule has 2 heteroatoms. The van der Waals surface area contributed by atoms with E-state index in [1.165, 1.54) is 38.5 Å². The van der Waals surface area contributed by atoms with Gasteiger partial charge in [-0.1, -0.05) is 65.3 Å². The Bertz CT molecular complexity index is 830. The fourth-order valence-electron chi connectivity index (χ4n) is 7.70. The number of hydrogen-bond acceptors (Lipinski definition) is 2. The van der Waals surface area contributed by atoms with Crippen molar-refractivity contribution >= 4 is 5.97 Å². The van der Waals surface area contributed by atoms with E-state index in [0.29, 0.717) is 34.5 Å². The van der Waals surface area contributed by atoms with E-state index in [1.807, 2.05) is 0 Å². The van der Waals surface area contributed by atoms with E-state index in [4.69, 9.17) is 4.74 Å². The van der Waals surface area contributed by atoms with Crippen molar-refractivity contribution in [1.82, 2.24) is 0 Å². The summed E-state index contributed by atoms with van der Waals surface area (Å²) in [5.74, 6) is 3.27. The molecule has 32 heavy (non-hydrogen) atoms. The maximum atomic E-state index is 11.5. The fourth-order valence-corrected chi connectivity index (χ4v) is 7.70. The Kier molecular flexibility index (Phi) is 6.56. The Morgan fingerprint density at radius 1 is 1.06 bits per heavy atom. The van der Waals surface area contributed by atoms with E-state index < -0.39 is 0 Å². The largest absolute Gasteiger partial charge is 0.463 e. The Morgan fingerprint density at radius 2 is 1.81 bits per heavy atom. The lowest BCUT2D eigenvalue weighted by Crippen LogP contribution is -2.44. The van der Waals surface area contributed by atoms with Gasteiger partial charge in [0.15, 0.2) is 0 Å². The van der Waals surface area contributed by atoms with Crippen molar-refractivity contribution in [3.05, 3.63) is 34.9 Å². The maximum Gasteiger partial charge on any atom is 0.302 e. The van der Waals surface area contributed by atoms with Gasteiger partial charge < -0.3 is 4.74 Å². The minimum absolute atomic E-state index is 0.115. The SMILES string of the molecule is CC(=O)O[C@@H]1CC[C@]2(C)C3=C(CC[C@@H]2C1)C1=CC[C@H]([C@H](C)/C=C\[C@H](C)C(C)C)[C@@]1(C)CC3. The molecule has 0 spiro atoms. The molecule has 0 N–H and O–H groups in total. The van der Waals surface area contributed by atoms with Crippen LogP contribution in [0.2, 0.25) is 0 Å². The van der Waals surface area contributed by atoms with Crippen molar-refractivity contribution in [3.8, 4) is 0 Å². The number of allylic oxidation sites excluding steroid dienone is 6. The van der Waals surface area contributed by atoms with E-state index in [9.17, 15) is 4.79 Å². The standard InChI is InChI=1S/C30H46O2/c1-19(2)20(3)8-9-21(4)26-12-13-27-25-11-10-23-18-24(32-22(5)31)14-16-29(23,6)28(25)15-17-30(26,27)7/h8-9,13,19-21,23-24,26H,10-12,14-18H2,1-7H3/b9-8-/t20-,21+,23+,24+,26+,29-,30+/m0/s1. The molecule has 0 aromatic heterocycles. The van der Waals surface area contributed by atoms with Crippen molar-refractivity contribution in [2.75, 3.05) is 0 Å². The highest BCUT2D eigenvalue weighted by Crippen LogP contribution is 2.64. The van der Waals surface area contributed by atoms with Crippen LogP contribution in [0.15, 0.2) is 34.9 Å². The van der Waals surface area contributed by atoms with Crippen molar-refractivity contribution in [3.63, 3.8) is 0 Å². The molecule has 0 aliphatic heterocycles. The molecule has 2 nitrogen and oxygen atoms in total. The summed E-state index contributed by atoms with van der Waals surface area (Å²) in [5, 5.41) is 0. The van der Waals surface area contributed by atoms with Crippen molar-refractivity contribution in [2.45, 2.75) is 106 Å². The normalized spacial score (nSPS) is 38.8. The molecule has 0 saturated heterocycles. The van der Waals surface area contributed by atoms with Gasteiger partial charge in [-0.3, -0.25) is 4.79 Å². The smallest absolute Gasteiger partial charge is 0.302 e. The summed E-state index contributed by atoms with van der Waals surface area (Å²) in [5.41, 5.74) is 5.86. The zero-order chi connectivity index (χ0) is 23.3. The van der Waals surface area contributed by atoms with Gasteiger partial charge in [0, 0.05) is 6.92 Å². The Balaban J connectivity index is 1.54. The van der Waals surface area contributed by atoms with Crippen LogP contribution in [0.25, 0.3) is 0 Å². The minimum Gasteiger partial charge on any atom is -0.463 e. The number of carbonyl (C=O) groups is 1. The zero-order valence-corrected chi connectivity index (χ0v) is 21.7. The molecule has 1 fully saturated rings. The predicted octanol–water partition coefficient (Wildman–Crippen LogP) is 8.05. The molecule has 0 aromatic carbocycles. The van der Waals surface area contributed by atoms with Crippen LogP contribution in [0.1, 0.15) is 99.8 Å². The van der Waals surface area contributed by atoms with E-state index in [1.54, 1.807) is 23.6 Å². The van der Waals surface area contributed by atoms with Gasteiger partial charge in [-0.15, -0.1) is 0 Å². The van der Waals surface area contributed by atoms with E-state index in [2.05, 4.69) is 59.8 Å². The van der Waals surface area contributed by atoms with Gasteiger partial charge >= 0.3 is 5.97 Å². The second-order valence-electron chi connectivity index (χ2n) is 12.3. The van der Waals surface area contributed by atoms with Gasteiger partial charge in [0.1, 0.15) is 6.10 Å². The number of hydrogen-bond donors (Lipinski definition) is 0. The summed E-state index contributed by atoms with van der Waals surface area (Å²) < 4.78 is 5.63. The van der Waals surface area contributed by atoms with Crippen molar-refractivity contribution in [2.24, 2.45) is 40.4 Å². The molecule has 178 valence electrons. The summed E-state index contributed by atoms with van der Waals surface area (Å²) in [6.45, 7) is 16.1. The third-order valence-corrected chi connectivity index (χ3v) is 10.2. The Labute approximate surface area is 197 Å². The van der Waals surface area contributed by atoms with Crippen molar-refractivity contribution in [1.29, 1.82) is 0 Å². The Morgan fingerprint density at radius 3 is 2.50 bits per heavy atom. The van der Waals surface area contributed by atoms with Crippen LogP contribution < -0.4 is 0 Å². The van der Waals surface area contributed by atoms with Crippen molar-refractivity contribution < 1.29 is 9.53 Å². The average molecular weight is 439 g/mol. The van der Waals surface area contributed by atoms with E-state index >= 15 is 0 Å². The highest BCUT2D eigenvalue weighted by molar-refractivity contribution is 5.66. The first-order chi connectivity index (χ1) is 15.1. The molecule has 0 aromatic rings. The molecule has 4 rings (SSSR count). The van der Waals surface area contributed by atoms with Crippen LogP contribution >= 0.6 is 0 Å². The monoisotopic (exact) mass is 438 g/mol. The van der Waals surface area contributed by atoms with Crippen LogP contribution in [0.4, 0.5) is 0 Å². The van der Waals surface area contributed by atoms with Gasteiger partial charge in [0.25, 0.3) is 0 Å². The quantitative estimate of drug-likeness (QED) is 0.320. The van der Waals surface area contributed by atoms with Crippen LogP contribution in [0, 0.1) is 40.4 Å². The van der Waals surface area contributed by atoms with Gasteiger partial charge in [0.2, 0.25) is 0 Å². The van der Waals surface area contributed by atoms with Gasteiger partial charge in [-0.2, -0.15) is 0 Å². The first kappa shape index (κ1) is 23.8. The second kappa shape index (κ2) is 8.80. The van der Waals surface area contributed by atoms with Gasteiger partial charge in [0.05, 0.1) is 0 Å². The maximum absolute atomic E-state index is 11.5. The number of rotatable bonds is 5. The fraction of sp³-hybridized carbons (Fsp3) is 0.767. The minimum atomic E-state index is -0.115. The lowest BCUT2D eigenvalue weighted by molar-refractivity contribution is -0.150. The molecule has 0 unspecified atom stereocenters. The number of ether oxygens (including phenoxy) is 1. The topological polar surface area (TPSA) is 26.3 Å². The van der Waals surface area contributed by atoms with E-state index in [-0.39, 0.29) is 12.1 Å². The molecule has 7 atom stereocenters. The Hall–Kier alpha value is -1.31. The summed E-state index contributed by atoms with van der Waals surface area (Å²) >= 11 is 0. The van der Waals surface area contributed by atoms with Crippen LogP contribution in [0.5, 0.6) is 0 Å². The zero-order valence-electron chi connectivity index (χ0n) is 21.7. The molecule has 0 amide bonds. The lowest BCUT2D eigenvalue weighted by atomic mass is 9.51. The highest BCUT2D eigenvalue weighted by Gasteiger charge is 2.53. The predicted molar refractivity (Wildman–Crippen MR) is 133 cm³/mol. The molecular formula is C30H46O2. The van der Waals surface area contributed by atoms with Gasteiger partial charge in [-0.05, 0) is 103 Å². The lowest BCUT2D eigenvalue weighted by Gasteiger charge is -2.54. The van der Waals surface area contributed by atoms with E-state index in [0.717, 1.165) is 18.8 Å². The third-order valence-electron chi connectivity index (χ3n) is 10.2. The molecule has 1 saturated carbocycles. The molecule has 0 heterocycles. The van der Waals surface area contributed by atoms with Crippen LogP contribution in [0.3, 0.4) is 0 Å². The highest BCUT2D eigenvalue weighted by atomic mass is 16.5. The second-order valence-corrected chi connectivity index (χ2v) is 12.3. The third kappa shape index (κ3) is 4.05. The summed E-state index contributed by atoms with van der Waals surface area (Å²) in [7, 11) is 0. The molecular weight excluding hydrogens is 392 g/mol. The number of carbonyl (C=O) groups excluding carboxylic acids is 1. The first-order valence-corrected chi connectivity index (χ1v) is 13.3. The summed E-state index contributed by atoms with van der Waals surface area (Å²) in [6, 6.07) is 0. The molecule has 0 radical (unpaired) electrons. The molecule has 4 aliphatic carbocycles. The molecule has 4 aliphatic rings. The molecule has 0 bridgehead atoms. The summed E-state index contributed by atoms with van der Waals surface area (Å²) in [6.07, 6.45) is 17.3. The van der Waals surface area contributed by atoms with Crippen LogP contribution in [-0.4, -0.2) is 12.1 Å².